The second-order valence-electron chi connectivity index (χ2n) is 5.92. The van der Waals surface area contributed by atoms with E-state index in [0.717, 1.165) is 36.6 Å². The van der Waals surface area contributed by atoms with Gasteiger partial charge in [0.2, 0.25) is 0 Å². The second kappa shape index (κ2) is 6.07. The van der Waals surface area contributed by atoms with Gasteiger partial charge < -0.3 is 9.30 Å². The minimum absolute atomic E-state index is 0.0326. The van der Waals surface area contributed by atoms with Crippen LogP contribution in [0.5, 0.6) is 5.75 Å². The summed E-state index contributed by atoms with van der Waals surface area (Å²) in [5.41, 5.74) is 1.02. The van der Waals surface area contributed by atoms with Crippen molar-refractivity contribution in [1.29, 1.82) is 0 Å². The van der Waals surface area contributed by atoms with Crippen molar-refractivity contribution in [2.45, 2.75) is 46.1 Å². The number of hydrogen-bond acceptors (Lipinski definition) is 3. The molecule has 0 saturated heterocycles. The SMILES string of the molecule is CCCCOc1ccc(-c2nncn2C(C)(C)C)cc1. The van der Waals surface area contributed by atoms with E-state index in [-0.39, 0.29) is 5.54 Å². The van der Waals surface area contributed by atoms with Gasteiger partial charge in [-0.05, 0) is 51.5 Å². The average molecular weight is 273 g/mol. The molecular formula is C16H23N3O. The van der Waals surface area contributed by atoms with Gasteiger partial charge in [0.1, 0.15) is 12.1 Å². The topological polar surface area (TPSA) is 39.9 Å². The number of nitrogens with zero attached hydrogens (tertiary/aromatic N) is 3. The molecule has 2 aromatic rings. The van der Waals surface area contributed by atoms with Gasteiger partial charge in [-0.15, -0.1) is 10.2 Å². The molecule has 2 rings (SSSR count). The van der Waals surface area contributed by atoms with Crippen molar-refractivity contribution >= 4 is 0 Å². The fourth-order valence-corrected chi connectivity index (χ4v) is 1.96. The Labute approximate surface area is 120 Å². The smallest absolute Gasteiger partial charge is 0.164 e. The Morgan fingerprint density at radius 3 is 2.45 bits per heavy atom. The van der Waals surface area contributed by atoms with Crippen molar-refractivity contribution in [3.05, 3.63) is 30.6 Å². The minimum Gasteiger partial charge on any atom is -0.494 e. The van der Waals surface area contributed by atoms with Crippen LogP contribution >= 0.6 is 0 Å². The van der Waals surface area contributed by atoms with Crippen molar-refractivity contribution in [3.8, 4) is 17.1 Å². The second-order valence-corrected chi connectivity index (χ2v) is 5.92. The molecule has 20 heavy (non-hydrogen) atoms. The van der Waals surface area contributed by atoms with Gasteiger partial charge in [-0.2, -0.15) is 0 Å². The van der Waals surface area contributed by atoms with Gasteiger partial charge in [-0.1, -0.05) is 13.3 Å². The predicted octanol–water partition coefficient (Wildman–Crippen LogP) is 3.88. The Hall–Kier alpha value is -1.84. The quantitative estimate of drug-likeness (QED) is 0.776. The Bertz CT molecular complexity index is 538. The Kier molecular flexibility index (Phi) is 4.42. The zero-order valence-corrected chi connectivity index (χ0v) is 12.8. The van der Waals surface area contributed by atoms with Crippen LogP contribution < -0.4 is 4.74 Å². The molecule has 108 valence electrons. The third kappa shape index (κ3) is 3.38. The molecule has 0 aliphatic carbocycles. The summed E-state index contributed by atoms with van der Waals surface area (Å²) in [7, 11) is 0. The van der Waals surface area contributed by atoms with Crippen LogP contribution in [0.3, 0.4) is 0 Å². The highest BCUT2D eigenvalue weighted by Gasteiger charge is 2.18. The van der Waals surface area contributed by atoms with Crippen LogP contribution in [0.4, 0.5) is 0 Å². The van der Waals surface area contributed by atoms with Crippen LogP contribution in [0.2, 0.25) is 0 Å². The van der Waals surface area contributed by atoms with Crippen molar-refractivity contribution < 1.29 is 4.74 Å². The highest BCUT2D eigenvalue weighted by Crippen LogP contribution is 2.25. The fraction of sp³-hybridized carbons (Fsp3) is 0.500. The van der Waals surface area contributed by atoms with E-state index in [9.17, 15) is 0 Å². The zero-order chi connectivity index (χ0) is 14.6. The lowest BCUT2D eigenvalue weighted by molar-refractivity contribution is 0.309. The molecule has 1 heterocycles. The van der Waals surface area contributed by atoms with Crippen molar-refractivity contribution in [2.24, 2.45) is 0 Å². The van der Waals surface area contributed by atoms with Crippen LogP contribution in [0.25, 0.3) is 11.4 Å². The first-order valence-corrected chi connectivity index (χ1v) is 7.16. The molecule has 0 aliphatic heterocycles. The molecule has 0 fully saturated rings. The van der Waals surface area contributed by atoms with E-state index in [0.29, 0.717) is 0 Å². The van der Waals surface area contributed by atoms with Crippen LogP contribution in [0, 0.1) is 0 Å². The van der Waals surface area contributed by atoms with E-state index in [2.05, 4.69) is 42.5 Å². The first kappa shape index (κ1) is 14.6. The number of ether oxygens (including phenoxy) is 1. The Balaban J connectivity index is 2.16. The number of unbranched alkanes of at least 4 members (excludes halogenated alkanes) is 1. The van der Waals surface area contributed by atoms with Crippen LogP contribution in [0.1, 0.15) is 40.5 Å². The summed E-state index contributed by atoms with van der Waals surface area (Å²) in [6.07, 6.45) is 4.01. The van der Waals surface area contributed by atoms with E-state index in [1.807, 2.05) is 24.3 Å². The summed E-state index contributed by atoms with van der Waals surface area (Å²) in [6, 6.07) is 8.06. The maximum atomic E-state index is 5.67. The molecule has 4 nitrogen and oxygen atoms in total. The lowest BCUT2D eigenvalue weighted by Gasteiger charge is -2.22. The molecule has 0 saturated carbocycles. The highest BCUT2D eigenvalue weighted by atomic mass is 16.5. The first-order valence-electron chi connectivity index (χ1n) is 7.16. The number of rotatable bonds is 5. The average Bonchev–Trinajstić information content (AvgIpc) is 2.89. The third-order valence-corrected chi connectivity index (χ3v) is 3.15. The van der Waals surface area contributed by atoms with E-state index in [1.165, 1.54) is 0 Å². The molecule has 0 radical (unpaired) electrons. The van der Waals surface area contributed by atoms with Crippen molar-refractivity contribution in [1.82, 2.24) is 14.8 Å². The van der Waals surface area contributed by atoms with E-state index in [4.69, 9.17) is 4.74 Å². The molecular weight excluding hydrogens is 250 g/mol. The lowest BCUT2D eigenvalue weighted by atomic mass is 10.1. The van der Waals surface area contributed by atoms with E-state index >= 15 is 0 Å². The molecule has 0 amide bonds. The van der Waals surface area contributed by atoms with Crippen molar-refractivity contribution in [2.75, 3.05) is 6.61 Å². The zero-order valence-electron chi connectivity index (χ0n) is 12.8. The van der Waals surface area contributed by atoms with Crippen LogP contribution in [-0.4, -0.2) is 21.4 Å². The maximum absolute atomic E-state index is 5.67. The highest BCUT2D eigenvalue weighted by molar-refractivity contribution is 5.56. The normalized spacial score (nSPS) is 11.6. The van der Waals surface area contributed by atoms with Gasteiger partial charge in [-0.25, -0.2) is 0 Å². The molecule has 1 aromatic heterocycles. The molecule has 0 aliphatic rings. The first-order chi connectivity index (χ1) is 9.52. The molecule has 0 N–H and O–H groups in total. The summed E-state index contributed by atoms with van der Waals surface area (Å²) >= 11 is 0. The standard InChI is InChI=1S/C16H23N3O/c1-5-6-11-20-14-9-7-13(8-10-14)15-18-17-12-19(15)16(2,3)4/h7-10,12H,5-6,11H2,1-4H3. The summed E-state index contributed by atoms with van der Waals surface area (Å²) in [6.45, 7) is 9.35. The summed E-state index contributed by atoms with van der Waals surface area (Å²) in [4.78, 5) is 0. The van der Waals surface area contributed by atoms with Crippen LogP contribution in [-0.2, 0) is 5.54 Å². The van der Waals surface area contributed by atoms with Gasteiger partial charge in [0.25, 0.3) is 0 Å². The largest absolute Gasteiger partial charge is 0.494 e. The van der Waals surface area contributed by atoms with Gasteiger partial charge in [0.15, 0.2) is 5.82 Å². The van der Waals surface area contributed by atoms with Gasteiger partial charge in [0, 0.05) is 11.1 Å². The molecule has 4 heteroatoms. The number of benzene rings is 1. The van der Waals surface area contributed by atoms with Gasteiger partial charge >= 0.3 is 0 Å². The Morgan fingerprint density at radius 2 is 1.85 bits per heavy atom. The molecule has 0 unspecified atom stereocenters. The fourth-order valence-electron chi connectivity index (χ4n) is 1.96. The molecule has 1 aromatic carbocycles. The summed E-state index contributed by atoms with van der Waals surface area (Å²) in [5, 5.41) is 8.26. The van der Waals surface area contributed by atoms with Crippen LogP contribution in [0.15, 0.2) is 30.6 Å². The monoisotopic (exact) mass is 273 g/mol. The number of hydrogen-bond donors (Lipinski definition) is 0. The van der Waals surface area contributed by atoms with Gasteiger partial charge in [-0.3, -0.25) is 0 Å². The minimum atomic E-state index is -0.0326. The molecule has 0 atom stereocenters. The Morgan fingerprint density at radius 1 is 1.15 bits per heavy atom. The summed E-state index contributed by atoms with van der Waals surface area (Å²) < 4.78 is 7.76. The van der Waals surface area contributed by atoms with E-state index < -0.39 is 0 Å². The molecule has 0 spiro atoms. The predicted molar refractivity (Wildman–Crippen MR) is 80.9 cm³/mol. The third-order valence-electron chi connectivity index (χ3n) is 3.15. The van der Waals surface area contributed by atoms with Crippen molar-refractivity contribution in [3.63, 3.8) is 0 Å². The summed E-state index contributed by atoms with van der Waals surface area (Å²) in [5.74, 6) is 1.79. The van der Waals surface area contributed by atoms with Gasteiger partial charge in [0.05, 0.1) is 6.61 Å². The number of aromatic nitrogens is 3. The van der Waals surface area contributed by atoms with E-state index in [1.54, 1.807) is 6.33 Å². The lowest BCUT2D eigenvalue weighted by Crippen LogP contribution is -2.21. The molecule has 0 bridgehead atoms. The maximum Gasteiger partial charge on any atom is 0.164 e.